The minimum Gasteiger partial charge on any atom is -0.356 e. The molecule has 0 spiro atoms. The summed E-state index contributed by atoms with van der Waals surface area (Å²) in [6, 6.07) is 4.38. The smallest absolute Gasteiger partial charge is 0.128 e. The Morgan fingerprint density at radius 3 is 2.69 bits per heavy atom. The van der Waals surface area contributed by atoms with E-state index in [9.17, 15) is 0 Å². The van der Waals surface area contributed by atoms with Crippen molar-refractivity contribution in [1.82, 2.24) is 4.98 Å². The second-order valence-corrected chi connectivity index (χ2v) is 3.62. The molecule has 0 aliphatic rings. The van der Waals surface area contributed by atoms with Gasteiger partial charge in [0.2, 0.25) is 0 Å². The van der Waals surface area contributed by atoms with E-state index in [2.05, 4.69) is 22.9 Å². The van der Waals surface area contributed by atoms with E-state index >= 15 is 0 Å². The molecular weight excluding hydrogens is 184 g/mol. The van der Waals surface area contributed by atoms with Crippen LogP contribution in [0, 0.1) is 6.92 Å². The first kappa shape index (κ1) is 10.3. The summed E-state index contributed by atoms with van der Waals surface area (Å²) in [7, 11) is 2.00. The highest BCUT2D eigenvalue weighted by molar-refractivity contribution is 6.18. The number of hydrogen-bond acceptors (Lipinski definition) is 2. The number of anilines is 1. The van der Waals surface area contributed by atoms with Gasteiger partial charge >= 0.3 is 0 Å². The van der Waals surface area contributed by atoms with Gasteiger partial charge in [-0.25, -0.2) is 4.98 Å². The Morgan fingerprint density at radius 2 is 2.23 bits per heavy atom. The maximum atomic E-state index is 5.76. The van der Waals surface area contributed by atoms with Crippen LogP contribution in [0.15, 0.2) is 18.3 Å². The molecule has 2 nitrogen and oxygen atoms in total. The summed E-state index contributed by atoms with van der Waals surface area (Å²) >= 11 is 5.76. The lowest BCUT2D eigenvalue weighted by Gasteiger charge is -2.23. The van der Waals surface area contributed by atoms with Crippen LogP contribution in [-0.4, -0.2) is 24.0 Å². The maximum absolute atomic E-state index is 5.76. The predicted molar refractivity (Wildman–Crippen MR) is 57.6 cm³/mol. The molecule has 1 unspecified atom stereocenters. The average Bonchev–Trinajstić information content (AvgIpc) is 2.17. The third-order valence-corrected chi connectivity index (χ3v) is 2.59. The fourth-order valence-corrected chi connectivity index (χ4v) is 1.20. The van der Waals surface area contributed by atoms with Crippen molar-refractivity contribution in [3.63, 3.8) is 0 Å². The Balaban J connectivity index is 2.77. The summed E-state index contributed by atoms with van der Waals surface area (Å²) in [6.45, 7) is 4.11. The van der Waals surface area contributed by atoms with Gasteiger partial charge < -0.3 is 4.90 Å². The van der Waals surface area contributed by atoms with Crippen molar-refractivity contribution in [3.05, 3.63) is 23.9 Å². The van der Waals surface area contributed by atoms with Crippen LogP contribution in [-0.2, 0) is 0 Å². The summed E-state index contributed by atoms with van der Waals surface area (Å²) in [5.41, 5.74) is 1.18. The Morgan fingerprint density at radius 1 is 1.54 bits per heavy atom. The van der Waals surface area contributed by atoms with E-state index in [4.69, 9.17) is 11.6 Å². The molecule has 72 valence electrons. The minimum atomic E-state index is 0.317. The lowest BCUT2D eigenvalue weighted by atomic mass is 10.3. The van der Waals surface area contributed by atoms with Gasteiger partial charge in [-0.2, -0.15) is 0 Å². The number of hydrogen-bond donors (Lipinski definition) is 0. The Bertz CT molecular complexity index is 258. The van der Waals surface area contributed by atoms with Crippen LogP contribution in [0.25, 0.3) is 0 Å². The van der Waals surface area contributed by atoms with E-state index in [1.54, 1.807) is 0 Å². The zero-order chi connectivity index (χ0) is 9.84. The van der Waals surface area contributed by atoms with Gasteiger partial charge in [0.15, 0.2) is 0 Å². The molecule has 0 amide bonds. The number of rotatable bonds is 3. The van der Waals surface area contributed by atoms with E-state index in [0.29, 0.717) is 11.9 Å². The molecule has 0 N–H and O–H groups in total. The fourth-order valence-electron chi connectivity index (χ4n) is 0.998. The molecule has 0 radical (unpaired) electrons. The monoisotopic (exact) mass is 198 g/mol. The molecule has 13 heavy (non-hydrogen) atoms. The van der Waals surface area contributed by atoms with Crippen LogP contribution in [0.1, 0.15) is 12.5 Å². The van der Waals surface area contributed by atoms with Crippen LogP contribution in [0.5, 0.6) is 0 Å². The molecule has 0 saturated heterocycles. The largest absolute Gasteiger partial charge is 0.356 e. The molecule has 0 aliphatic carbocycles. The predicted octanol–water partition coefficient (Wildman–Crippen LogP) is 2.45. The fraction of sp³-hybridized carbons (Fsp3) is 0.500. The summed E-state index contributed by atoms with van der Waals surface area (Å²) in [5.74, 6) is 1.59. The van der Waals surface area contributed by atoms with E-state index in [1.807, 2.05) is 26.2 Å². The van der Waals surface area contributed by atoms with E-state index in [-0.39, 0.29) is 0 Å². The van der Waals surface area contributed by atoms with Gasteiger partial charge in [0.05, 0.1) is 0 Å². The van der Waals surface area contributed by atoms with Gasteiger partial charge in [0.25, 0.3) is 0 Å². The van der Waals surface area contributed by atoms with Crippen molar-refractivity contribution in [3.8, 4) is 0 Å². The number of aromatic nitrogens is 1. The maximum Gasteiger partial charge on any atom is 0.128 e. The molecule has 0 fully saturated rings. The SMILES string of the molecule is Cc1ccc(N(C)C(C)CCl)nc1. The topological polar surface area (TPSA) is 16.1 Å². The molecule has 1 atom stereocenters. The molecule has 1 aromatic heterocycles. The van der Waals surface area contributed by atoms with Crippen LogP contribution in [0.4, 0.5) is 5.82 Å². The van der Waals surface area contributed by atoms with E-state index < -0.39 is 0 Å². The van der Waals surface area contributed by atoms with Crippen LogP contribution >= 0.6 is 11.6 Å². The number of alkyl halides is 1. The highest BCUT2D eigenvalue weighted by Crippen LogP contribution is 2.12. The molecule has 0 aromatic carbocycles. The minimum absolute atomic E-state index is 0.317. The van der Waals surface area contributed by atoms with Gasteiger partial charge in [0, 0.05) is 25.2 Å². The van der Waals surface area contributed by atoms with Gasteiger partial charge in [-0.15, -0.1) is 11.6 Å². The summed E-state index contributed by atoms with van der Waals surface area (Å²) in [5, 5.41) is 0. The van der Waals surface area contributed by atoms with E-state index in [0.717, 1.165) is 5.82 Å². The lowest BCUT2D eigenvalue weighted by Crippen LogP contribution is -2.30. The van der Waals surface area contributed by atoms with Crippen LogP contribution in [0.3, 0.4) is 0 Å². The van der Waals surface area contributed by atoms with E-state index in [1.165, 1.54) is 5.56 Å². The third kappa shape index (κ3) is 2.59. The third-order valence-electron chi connectivity index (χ3n) is 2.14. The van der Waals surface area contributed by atoms with Gasteiger partial charge in [-0.1, -0.05) is 6.07 Å². The van der Waals surface area contributed by atoms with Crippen molar-refractivity contribution in [2.24, 2.45) is 0 Å². The van der Waals surface area contributed by atoms with Crippen molar-refractivity contribution in [2.45, 2.75) is 19.9 Å². The number of nitrogens with zero attached hydrogens (tertiary/aromatic N) is 2. The van der Waals surface area contributed by atoms with Crippen molar-refractivity contribution >= 4 is 17.4 Å². The van der Waals surface area contributed by atoms with Crippen molar-refractivity contribution in [1.29, 1.82) is 0 Å². The quantitative estimate of drug-likeness (QED) is 0.694. The van der Waals surface area contributed by atoms with Gasteiger partial charge in [-0.05, 0) is 25.5 Å². The highest BCUT2D eigenvalue weighted by atomic mass is 35.5. The lowest BCUT2D eigenvalue weighted by molar-refractivity contribution is 0.749. The Labute approximate surface area is 84.5 Å². The van der Waals surface area contributed by atoms with Crippen LogP contribution in [0.2, 0.25) is 0 Å². The normalized spacial score (nSPS) is 12.6. The number of halogens is 1. The zero-order valence-electron chi connectivity index (χ0n) is 8.29. The molecule has 1 aromatic rings. The van der Waals surface area contributed by atoms with Crippen molar-refractivity contribution < 1.29 is 0 Å². The highest BCUT2D eigenvalue weighted by Gasteiger charge is 2.08. The first-order chi connectivity index (χ1) is 6.15. The summed E-state index contributed by atoms with van der Waals surface area (Å²) in [4.78, 5) is 6.39. The molecule has 1 rings (SSSR count). The van der Waals surface area contributed by atoms with Gasteiger partial charge in [-0.3, -0.25) is 0 Å². The molecular formula is C10H15ClN2. The molecule has 0 bridgehead atoms. The zero-order valence-corrected chi connectivity index (χ0v) is 9.04. The first-order valence-corrected chi connectivity index (χ1v) is 4.90. The summed E-state index contributed by atoms with van der Waals surface area (Å²) < 4.78 is 0. The second kappa shape index (κ2) is 4.47. The number of aryl methyl sites for hydroxylation is 1. The molecule has 3 heteroatoms. The molecule has 1 heterocycles. The Hall–Kier alpha value is -0.760. The van der Waals surface area contributed by atoms with Gasteiger partial charge in [0.1, 0.15) is 5.82 Å². The molecule has 0 aliphatic heterocycles. The van der Waals surface area contributed by atoms with Crippen molar-refractivity contribution in [2.75, 3.05) is 17.8 Å². The standard InChI is InChI=1S/C10H15ClN2/c1-8-4-5-10(12-7-8)13(3)9(2)6-11/h4-5,7,9H,6H2,1-3H3. The second-order valence-electron chi connectivity index (χ2n) is 3.31. The number of pyridine rings is 1. The first-order valence-electron chi connectivity index (χ1n) is 4.36. The average molecular weight is 199 g/mol. The summed E-state index contributed by atoms with van der Waals surface area (Å²) in [6.07, 6.45) is 1.87. The Kier molecular flexibility index (Phi) is 3.55. The van der Waals surface area contributed by atoms with Crippen LogP contribution < -0.4 is 4.90 Å². The molecule has 0 saturated carbocycles.